The van der Waals surface area contributed by atoms with Gasteiger partial charge in [0.15, 0.2) is 5.13 Å². The van der Waals surface area contributed by atoms with Gasteiger partial charge in [0, 0.05) is 11.4 Å². The van der Waals surface area contributed by atoms with Crippen molar-refractivity contribution >= 4 is 34.0 Å². The number of carbonyl (C=O) groups is 2. The summed E-state index contributed by atoms with van der Waals surface area (Å²) in [6.45, 7) is 0. The number of hydrogen-bond donors (Lipinski definition) is 3. The largest absolute Gasteiger partial charge is 0.497 e. The van der Waals surface area contributed by atoms with E-state index in [1.165, 1.54) is 36.6 Å². The van der Waals surface area contributed by atoms with Crippen LogP contribution in [0.1, 0.15) is 16.1 Å². The Morgan fingerprint density at radius 2 is 2.24 bits per heavy atom. The summed E-state index contributed by atoms with van der Waals surface area (Å²) in [6, 6.07) is 4.34. The number of aromatic nitrogens is 1. The molecule has 0 unspecified atom stereocenters. The Morgan fingerprint density at radius 1 is 1.48 bits per heavy atom. The smallest absolute Gasteiger partial charge is 0.337 e. The van der Waals surface area contributed by atoms with Crippen molar-refractivity contribution in [3.05, 3.63) is 34.8 Å². The van der Waals surface area contributed by atoms with E-state index in [9.17, 15) is 9.59 Å². The number of aromatic carboxylic acids is 1. The summed E-state index contributed by atoms with van der Waals surface area (Å²) in [5, 5.41) is 13.7. The molecule has 21 heavy (non-hydrogen) atoms. The normalized spacial score (nSPS) is 10.1. The molecule has 0 saturated carbocycles. The fourth-order valence-corrected chi connectivity index (χ4v) is 2.27. The molecule has 2 aromatic rings. The zero-order valence-corrected chi connectivity index (χ0v) is 11.9. The summed E-state index contributed by atoms with van der Waals surface area (Å²) in [4.78, 5) is 27.1. The highest BCUT2D eigenvalue weighted by atomic mass is 32.1. The van der Waals surface area contributed by atoms with Crippen molar-refractivity contribution in [1.82, 2.24) is 4.98 Å². The van der Waals surface area contributed by atoms with Crippen molar-refractivity contribution in [3.8, 4) is 5.75 Å². The molecule has 1 aromatic carbocycles. The van der Waals surface area contributed by atoms with Crippen LogP contribution in [-0.4, -0.2) is 29.1 Å². The fourth-order valence-electron chi connectivity index (χ4n) is 1.70. The summed E-state index contributed by atoms with van der Waals surface area (Å²) in [5.41, 5.74) is 6.19. The van der Waals surface area contributed by atoms with Gasteiger partial charge >= 0.3 is 5.97 Å². The predicted octanol–water partition coefficient (Wildman–Crippen LogP) is 1.61. The first-order valence-corrected chi connectivity index (χ1v) is 6.78. The van der Waals surface area contributed by atoms with E-state index in [2.05, 4.69) is 10.3 Å². The van der Waals surface area contributed by atoms with E-state index in [1.54, 1.807) is 5.38 Å². The monoisotopic (exact) mass is 307 g/mol. The fraction of sp³-hybridized carbons (Fsp3) is 0.154. The van der Waals surface area contributed by atoms with E-state index in [1.807, 2.05) is 0 Å². The standard InChI is InChI=1S/C13H13N3O4S/c1-20-8-2-3-9(12(18)19)10(5-8)16-11(17)4-7-6-21-13(14)15-7/h2-3,5-6H,4H2,1H3,(H2,14,15)(H,16,17)(H,18,19). The molecule has 0 spiro atoms. The van der Waals surface area contributed by atoms with Crippen LogP contribution >= 0.6 is 11.3 Å². The molecule has 7 nitrogen and oxygen atoms in total. The van der Waals surface area contributed by atoms with E-state index in [0.717, 1.165) is 0 Å². The lowest BCUT2D eigenvalue weighted by Crippen LogP contribution is -2.17. The topological polar surface area (TPSA) is 115 Å². The molecule has 1 heterocycles. The molecule has 0 bridgehead atoms. The molecular weight excluding hydrogens is 294 g/mol. The number of methoxy groups -OCH3 is 1. The van der Waals surface area contributed by atoms with E-state index < -0.39 is 5.97 Å². The molecular formula is C13H13N3O4S. The highest BCUT2D eigenvalue weighted by molar-refractivity contribution is 7.13. The third-order valence-corrected chi connectivity index (χ3v) is 3.37. The number of carboxylic acids is 1. The number of ether oxygens (including phenoxy) is 1. The van der Waals surface area contributed by atoms with Crippen LogP contribution in [0.25, 0.3) is 0 Å². The lowest BCUT2D eigenvalue weighted by atomic mass is 10.1. The Labute approximate surface area is 124 Å². The van der Waals surface area contributed by atoms with Gasteiger partial charge in [0.2, 0.25) is 5.91 Å². The van der Waals surface area contributed by atoms with E-state index >= 15 is 0 Å². The molecule has 0 saturated heterocycles. The number of thiazole rings is 1. The second-order valence-electron chi connectivity index (χ2n) is 4.12. The van der Waals surface area contributed by atoms with E-state index in [-0.39, 0.29) is 23.6 Å². The van der Waals surface area contributed by atoms with Gasteiger partial charge in [-0.15, -0.1) is 11.3 Å². The van der Waals surface area contributed by atoms with E-state index in [4.69, 9.17) is 15.6 Å². The van der Waals surface area contributed by atoms with Crippen LogP contribution in [0.3, 0.4) is 0 Å². The second kappa shape index (κ2) is 6.23. The number of anilines is 2. The van der Waals surface area contributed by atoms with Crippen LogP contribution in [0.15, 0.2) is 23.6 Å². The number of rotatable bonds is 5. The zero-order chi connectivity index (χ0) is 15.4. The van der Waals surface area contributed by atoms with Gasteiger partial charge in [-0.2, -0.15) is 0 Å². The lowest BCUT2D eigenvalue weighted by molar-refractivity contribution is -0.115. The number of carbonyl (C=O) groups excluding carboxylic acids is 1. The van der Waals surface area contributed by atoms with Gasteiger partial charge in [-0.05, 0) is 12.1 Å². The Morgan fingerprint density at radius 3 is 2.81 bits per heavy atom. The second-order valence-corrected chi connectivity index (χ2v) is 5.01. The maximum Gasteiger partial charge on any atom is 0.337 e. The van der Waals surface area contributed by atoms with Crippen molar-refractivity contribution in [2.24, 2.45) is 0 Å². The first-order chi connectivity index (χ1) is 9.99. The summed E-state index contributed by atoms with van der Waals surface area (Å²) in [5.74, 6) is -1.06. The molecule has 0 aliphatic carbocycles. The molecule has 4 N–H and O–H groups in total. The lowest BCUT2D eigenvalue weighted by Gasteiger charge is -2.09. The number of nitrogen functional groups attached to an aromatic ring is 1. The predicted molar refractivity (Wildman–Crippen MR) is 78.8 cm³/mol. The van der Waals surface area contributed by atoms with Crippen LogP contribution in [0, 0.1) is 0 Å². The summed E-state index contributed by atoms with van der Waals surface area (Å²) in [6.07, 6.45) is 0.0178. The molecule has 0 radical (unpaired) electrons. The summed E-state index contributed by atoms with van der Waals surface area (Å²) >= 11 is 1.24. The number of nitrogens with zero attached hydrogens (tertiary/aromatic N) is 1. The maximum absolute atomic E-state index is 11.9. The van der Waals surface area contributed by atoms with Gasteiger partial charge in [0.1, 0.15) is 5.75 Å². The highest BCUT2D eigenvalue weighted by Gasteiger charge is 2.14. The number of amides is 1. The summed E-state index contributed by atoms with van der Waals surface area (Å²) < 4.78 is 5.02. The molecule has 110 valence electrons. The van der Waals surface area contributed by atoms with Gasteiger partial charge in [0.05, 0.1) is 30.5 Å². The summed E-state index contributed by atoms with van der Waals surface area (Å²) in [7, 11) is 1.46. The highest BCUT2D eigenvalue weighted by Crippen LogP contribution is 2.23. The number of nitrogens with two attached hydrogens (primary N) is 1. The van der Waals surface area contributed by atoms with Gasteiger partial charge in [-0.1, -0.05) is 0 Å². The Bertz CT molecular complexity index is 684. The molecule has 0 aliphatic rings. The number of nitrogens with one attached hydrogen (secondary N) is 1. The molecule has 0 fully saturated rings. The molecule has 2 rings (SSSR count). The van der Waals surface area contributed by atoms with Crippen LogP contribution in [-0.2, 0) is 11.2 Å². The molecule has 0 atom stereocenters. The number of carboxylic acid groups (broad SMARTS) is 1. The zero-order valence-electron chi connectivity index (χ0n) is 11.1. The Balaban J connectivity index is 2.17. The average Bonchev–Trinajstić information content (AvgIpc) is 2.83. The molecule has 1 aromatic heterocycles. The Hall–Kier alpha value is -2.61. The quantitative estimate of drug-likeness (QED) is 0.773. The first kappa shape index (κ1) is 14.8. The van der Waals surface area contributed by atoms with Gasteiger partial charge < -0.3 is 20.9 Å². The number of benzene rings is 1. The van der Waals surface area contributed by atoms with Crippen molar-refractivity contribution < 1.29 is 19.4 Å². The minimum Gasteiger partial charge on any atom is -0.497 e. The van der Waals surface area contributed by atoms with Gasteiger partial charge in [-0.25, -0.2) is 9.78 Å². The minimum atomic E-state index is -1.13. The first-order valence-electron chi connectivity index (χ1n) is 5.90. The SMILES string of the molecule is COc1ccc(C(=O)O)c(NC(=O)Cc2csc(N)n2)c1. The molecule has 1 amide bonds. The van der Waals surface area contributed by atoms with Crippen LogP contribution in [0.4, 0.5) is 10.8 Å². The average molecular weight is 307 g/mol. The van der Waals surface area contributed by atoms with Gasteiger partial charge in [0.25, 0.3) is 0 Å². The van der Waals surface area contributed by atoms with Crippen LogP contribution in [0.2, 0.25) is 0 Å². The maximum atomic E-state index is 11.9. The molecule has 8 heteroatoms. The van der Waals surface area contributed by atoms with Crippen LogP contribution < -0.4 is 15.8 Å². The minimum absolute atomic E-state index is 0.0121. The van der Waals surface area contributed by atoms with Gasteiger partial charge in [-0.3, -0.25) is 4.79 Å². The van der Waals surface area contributed by atoms with Crippen molar-refractivity contribution in [2.75, 3.05) is 18.2 Å². The van der Waals surface area contributed by atoms with E-state index in [0.29, 0.717) is 16.6 Å². The van der Waals surface area contributed by atoms with Crippen molar-refractivity contribution in [3.63, 3.8) is 0 Å². The third-order valence-electron chi connectivity index (χ3n) is 2.64. The third kappa shape index (κ3) is 3.69. The van der Waals surface area contributed by atoms with Crippen LogP contribution in [0.5, 0.6) is 5.75 Å². The molecule has 0 aliphatic heterocycles. The van der Waals surface area contributed by atoms with Crippen molar-refractivity contribution in [1.29, 1.82) is 0 Å². The number of hydrogen-bond acceptors (Lipinski definition) is 6. The Kier molecular flexibility index (Phi) is 4.39. The van der Waals surface area contributed by atoms with Crippen molar-refractivity contribution in [2.45, 2.75) is 6.42 Å².